The van der Waals surface area contributed by atoms with Crippen molar-refractivity contribution in [1.29, 1.82) is 5.26 Å². The van der Waals surface area contributed by atoms with Crippen molar-refractivity contribution in [1.82, 2.24) is 4.98 Å². The number of nitrogens with two attached hydrogens (primary N) is 1. The molecule has 2 aromatic rings. The Bertz CT molecular complexity index is 552. The lowest BCUT2D eigenvalue weighted by atomic mass is 10.2. The van der Waals surface area contributed by atoms with Crippen molar-refractivity contribution in [2.75, 3.05) is 17.7 Å². The van der Waals surface area contributed by atoms with Crippen LogP contribution < -0.4 is 10.6 Å². The second-order valence-corrected chi connectivity index (χ2v) is 4.11. The van der Waals surface area contributed by atoms with Crippen LogP contribution in [0.25, 0.3) is 0 Å². The van der Waals surface area contributed by atoms with Crippen LogP contribution in [0.3, 0.4) is 0 Å². The summed E-state index contributed by atoms with van der Waals surface area (Å²) in [5, 5.41) is 8.74. The van der Waals surface area contributed by atoms with E-state index in [9.17, 15) is 0 Å². The van der Waals surface area contributed by atoms with Gasteiger partial charge in [0.25, 0.3) is 0 Å². The fourth-order valence-corrected chi connectivity index (χ4v) is 1.69. The summed E-state index contributed by atoms with van der Waals surface area (Å²) in [4.78, 5) is 6.15. The fraction of sp³-hybridized carbons (Fsp3) is 0.143. The summed E-state index contributed by atoms with van der Waals surface area (Å²) in [6, 6.07) is 13.4. The number of nitriles is 1. The molecule has 90 valence electrons. The highest BCUT2D eigenvalue weighted by Crippen LogP contribution is 2.16. The normalized spacial score (nSPS) is 9.78. The first-order valence-electron chi connectivity index (χ1n) is 5.61. The van der Waals surface area contributed by atoms with Gasteiger partial charge in [-0.2, -0.15) is 5.26 Å². The van der Waals surface area contributed by atoms with E-state index in [4.69, 9.17) is 11.0 Å². The molecule has 2 N–H and O–H groups in total. The van der Waals surface area contributed by atoms with Gasteiger partial charge in [0.1, 0.15) is 5.82 Å². The highest BCUT2D eigenvalue weighted by molar-refractivity contribution is 5.49. The second-order valence-electron chi connectivity index (χ2n) is 4.11. The lowest BCUT2D eigenvalue weighted by Gasteiger charge is -2.19. The summed E-state index contributed by atoms with van der Waals surface area (Å²) in [5.74, 6) is 0.528. The number of benzene rings is 1. The molecule has 0 spiro atoms. The first-order valence-corrected chi connectivity index (χ1v) is 5.61. The van der Waals surface area contributed by atoms with Gasteiger partial charge in [-0.15, -0.1) is 0 Å². The molecule has 0 aliphatic carbocycles. The number of aromatic nitrogens is 1. The van der Waals surface area contributed by atoms with Gasteiger partial charge >= 0.3 is 0 Å². The smallest absolute Gasteiger partial charge is 0.123 e. The molecular formula is C14H14N4. The minimum absolute atomic E-state index is 0.528. The molecular weight excluding hydrogens is 224 g/mol. The molecule has 0 fully saturated rings. The lowest BCUT2D eigenvalue weighted by molar-refractivity contribution is 0.916. The van der Waals surface area contributed by atoms with E-state index in [1.807, 2.05) is 37.4 Å². The molecule has 0 atom stereocenters. The van der Waals surface area contributed by atoms with Crippen molar-refractivity contribution in [3.8, 4) is 6.07 Å². The summed E-state index contributed by atoms with van der Waals surface area (Å²) >= 11 is 0. The standard InChI is InChI=1S/C14H14N4/c1-18(10-12-4-7-14(16)17-9-12)13-5-2-11(8-15)3-6-13/h2-7,9H,10H2,1H3,(H2,16,17). The van der Waals surface area contributed by atoms with Crippen molar-refractivity contribution >= 4 is 11.5 Å². The predicted octanol–water partition coefficient (Wildman–Crippen LogP) is 2.17. The molecule has 1 heterocycles. The van der Waals surface area contributed by atoms with Crippen molar-refractivity contribution < 1.29 is 0 Å². The molecule has 2 rings (SSSR count). The molecule has 0 saturated carbocycles. The maximum absolute atomic E-state index is 8.74. The third-order valence-electron chi connectivity index (χ3n) is 2.70. The first-order chi connectivity index (χ1) is 8.69. The highest BCUT2D eigenvalue weighted by Gasteiger charge is 2.02. The van der Waals surface area contributed by atoms with E-state index in [-0.39, 0.29) is 0 Å². The minimum Gasteiger partial charge on any atom is -0.384 e. The fourth-order valence-electron chi connectivity index (χ4n) is 1.69. The Morgan fingerprint density at radius 2 is 1.94 bits per heavy atom. The Morgan fingerprint density at radius 3 is 2.50 bits per heavy atom. The monoisotopic (exact) mass is 238 g/mol. The van der Waals surface area contributed by atoms with Gasteiger partial charge in [0.05, 0.1) is 11.6 Å². The van der Waals surface area contributed by atoms with Crippen LogP contribution in [0.5, 0.6) is 0 Å². The van der Waals surface area contributed by atoms with E-state index < -0.39 is 0 Å². The van der Waals surface area contributed by atoms with E-state index in [0.29, 0.717) is 11.4 Å². The first kappa shape index (κ1) is 11.9. The molecule has 4 nitrogen and oxygen atoms in total. The number of rotatable bonds is 3. The summed E-state index contributed by atoms with van der Waals surface area (Å²) in [6.07, 6.45) is 1.77. The Morgan fingerprint density at radius 1 is 1.22 bits per heavy atom. The maximum atomic E-state index is 8.74. The van der Waals surface area contributed by atoms with Gasteiger partial charge in [-0.25, -0.2) is 4.98 Å². The molecule has 0 radical (unpaired) electrons. The van der Waals surface area contributed by atoms with Crippen LogP contribution in [0.1, 0.15) is 11.1 Å². The van der Waals surface area contributed by atoms with E-state index >= 15 is 0 Å². The number of pyridine rings is 1. The van der Waals surface area contributed by atoms with Gasteiger partial charge in [-0.3, -0.25) is 0 Å². The molecule has 0 amide bonds. The third kappa shape index (κ3) is 2.77. The molecule has 0 saturated heterocycles. The summed E-state index contributed by atoms with van der Waals surface area (Å²) < 4.78 is 0. The Kier molecular flexibility index (Phi) is 3.44. The van der Waals surface area contributed by atoms with Crippen LogP contribution in [0.15, 0.2) is 42.6 Å². The molecule has 0 bridgehead atoms. The van der Waals surface area contributed by atoms with Crippen molar-refractivity contribution in [3.05, 3.63) is 53.7 Å². The van der Waals surface area contributed by atoms with Crippen LogP contribution in [-0.4, -0.2) is 12.0 Å². The number of hydrogen-bond donors (Lipinski definition) is 1. The van der Waals surface area contributed by atoms with Crippen LogP contribution in [0.2, 0.25) is 0 Å². The molecule has 4 heteroatoms. The van der Waals surface area contributed by atoms with Gasteiger partial charge in [-0.1, -0.05) is 6.07 Å². The lowest BCUT2D eigenvalue weighted by Crippen LogP contribution is -2.16. The van der Waals surface area contributed by atoms with Crippen LogP contribution >= 0.6 is 0 Å². The maximum Gasteiger partial charge on any atom is 0.123 e. The van der Waals surface area contributed by atoms with Crippen molar-refractivity contribution in [2.45, 2.75) is 6.54 Å². The number of anilines is 2. The summed E-state index contributed by atoms with van der Waals surface area (Å²) in [5.41, 5.74) is 8.37. The number of nitrogen functional groups attached to an aromatic ring is 1. The average Bonchev–Trinajstić information content (AvgIpc) is 2.41. The van der Waals surface area contributed by atoms with Gasteiger partial charge in [-0.05, 0) is 35.9 Å². The molecule has 18 heavy (non-hydrogen) atoms. The van der Waals surface area contributed by atoms with Crippen LogP contribution in [-0.2, 0) is 6.54 Å². The number of hydrogen-bond acceptors (Lipinski definition) is 4. The van der Waals surface area contributed by atoms with Crippen LogP contribution in [0.4, 0.5) is 11.5 Å². The summed E-state index contributed by atoms with van der Waals surface area (Å²) in [7, 11) is 2.00. The summed E-state index contributed by atoms with van der Waals surface area (Å²) in [6.45, 7) is 0.749. The van der Waals surface area contributed by atoms with E-state index in [1.54, 1.807) is 12.3 Å². The minimum atomic E-state index is 0.528. The Balaban J connectivity index is 2.09. The molecule has 1 aromatic heterocycles. The SMILES string of the molecule is CN(Cc1ccc(N)nc1)c1ccc(C#N)cc1. The second kappa shape index (κ2) is 5.19. The van der Waals surface area contributed by atoms with Gasteiger partial charge in [0, 0.05) is 25.5 Å². The predicted molar refractivity (Wildman–Crippen MR) is 71.9 cm³/mol. The zero-order valence-electron chi connectivity index (χ0n) is 10.2. The van der Waals surface area contributed by atoms with Crippen molar-refractivity contribution in [2.24, 2.45) is 0 Å². The van der Waals surface area contributed by atoms with Gasteiger partial charge < -0.3 is 10.6 Å². The van der Waals surface area contributed by atoms with Gasteiger partial charge in [0.15, 0.2) is 0 Å². The highest BCUT2D eigenvalue weighted by atomic mass is 15.1. The Labute approximate surface area is 106 Å². The average molecular weight is 238 g/mol. The largest absolute Gasteiger partial charge is 0.384 e. The number of nitrogens with zero attached hydrogens (tertiary/aromatic N) is 3. The Hall–Kier alpha value is -2.54. The zero-order valence-corrected chi connectivity index (χ0v) is 10.2. The van der Waals surface area contributed by atoms with E-state index in [1.165, 1.54) is 0 Å². The topological polar surface area (TPSA) is 65.9 Å². The molecule has 1 aromatic carbocycles. The molecule has 0 aliphatic heterocycles. The quantitative estimate of drug-likeness (QED) is 0.890. The molecule has 0 unspecified atom stereocenters. The third-order valence-corrected chi connectivity index (χ3v) is 2.70. The van der Waals surface area contributed by atoms with E-state index in [2.05, 4.69) is 16.0 Å². The molecule has 0 aliphatic rings. The van der Waals surface area contributed by atoms with E-state index in [0.717, 1.165) is 17.8 Å². The van der Waals surface area contributed by atoms with Gasteiger partial charge in [0.2, 0.25) is 0 Å². The van der Waals surface area contributed by atoms with Crippen molar-refractivity contribution in [3.63, 3.8) is 0 Å². The van der Waals surface area contributed by atoms with Crippen LogP contribution in [0, 0.1) is 11.3 Å². The zero-order chi connectivity index (χ0) is 13.0.